The molecule has 22 heavy (non-hydrogen) atoms. The second kappa shape index (κ2) is 7.17. The number of carbonyl (C=O) groups is 1. The van der Waals surface area contributed by atoms with Gasteiger partial charge in [0.2, 0.25) is 11.2 Å². The minimum absolute atomic E-state index is 0.0389. The van der Waals surface area contributed by atoms with E-state index in [1.54, 1.807) is 24.3 Å². The average molecular weight is 321 g/mol. The van der Waals surface area contributed by atoms with Gasteiger partial charge >= 0.3 is 6.01 Å². The molecule has 6 nitrogen and oxygen atoms in total. The lowest BCUT2D eigenvalue weighted by Crippen LogP contribution is -2.24. The third-order valence-corrected chi connectivity index (χ3v) is 3.24. The van der Waals surface area contributed by atoms with Crippen LogP contribution in [0.25, 0.3) is 0 Å². The molecule has 2 aromatic rings. The van der Waals surface area contributed by atoms with Gasteiger partial charge in [-0.15, -0.1) is 0 Å². The Kier molecular flexibility index (Phi) is 5.27. The van der Waals surface area contributed by atoms with Crippen LogP contribution in [-0.4, -0.2) is 33.8 Å². The van der Waals surface area contributed by atoms with Gasteiger partial charge in [-0.25, -0.2) is 0 Å². The normalized spacial score (nSPS) is 10.4. The first-order valence-electron chi connectivity index (χ1n) is 6.98. The first-order chi connectivity index (χ1) is 10.5. The van der Waals surface area contributed by atoms with Gasteiger partial charge in [-0.1, -0.05) is 12.1 Å². The molecule has 0 spiro atoms. The summed E-state index contributed by atoms with van der Waals surface area (Å²) in [4.78, 5) is 25.7. The summed E-state index contributed by atoms with van der Waals surface area (Å²) in [6, 6.07) is 6.91. The third-order valence-electron chi connectivity index (χ3n) is 3.07. The molecule has 0 saturated heterocycles. The number of ether oxygens (including phenoxy) is 1. The highest BCUT2D eigenvalue weighted by molar-refractivity contribution is 6.28. The number of benzene rings is 1. The number of halogens is 1. The predicted molar refractivity (Wildman–Crippen MR) is 84.9 cm³/mol. The Balaban J connectivity index is 2.29. The van der Waals surface area contributed by atoms with Crippen molar-refractivity contribution in [2.24, 2.45) is 0 Å². The highest BCUT2D eigenvalue weighted by Gasteiger charge is 2.12. The van der Waals surface area contributed by atoms with Gasteiger partial charge in [0.1, 0.15) is 5.75 Å². The fraction of sp³-hybridized carbons (Fsp3) is 0.333. The van der Waals surface area contributed by atoms with Crippen molar-refractivity contribution in [3.8, 4) is 11.8 Å². The number of aromatic nitrogens is 3. The molecule has 0 aliphatic carbocycles. The van der Waals surface area contributed by atoms with Crippen molar-refractivity contribution >= 4 is 23.3 Å². The molecule has 7 heteroatoms. The van der Waals surface area contributed by atoms with Crippen molar-refractivity contribution in [1.82, 2.24) is 15.0 Å². The van der Waals surface area contributed by atoms with Crippen LogP contribution in [0.2, 0.25) is 5.28 Å². The van der Waals surface area contributed by atoms with Gasteiger partial charge in [0.05, 0.1) is 0 Å². The lowest BCUT2D eigenvalue weighted by molar-refractivity contribution is 0.101. The van der Waals surface area contributed by atoms with E-state index in [0.29, 0.717) is 17.3 Å². The van der Waals surface area contributed by atoms with Gasteiger partial charge in [-0.2, -0.15) is 15.0 Å². The highest BCUT2D eigenvalue weighted by atomic mass is 35.5. The van der Waals surface area contributed by atoms with Crippen LogP contribution < -0.4 is 9.64 Å². The van der Waals surface area contributed by atoms with E-state index in [1.165, 1.54) is 6.92 Å². The minimum atomic E-state index is -0.0389. The summed E-state index contributed by atoms with van der Waals surface area (Å²) in [5, 5.41) is 0.0645. The van der Waals surface area contributed by atoms with Crippen molar-refractivity contribution in [2.45, 2.75) is 20.8 Å². The van der Waals surface area contributed by atoms with E-state index in [4.69, 9.17) is 16.3 Å². The van der Waals surface area contributed by atoms with Crippen LogP contribution in [0.4, 0.5) is 5.95 Å². The molecule has 116 valence electrons. The Morgan fingerprint density at radius 1 is 1.23 bits per heavy atom. The minimum Gasteiger partial charge on any atom is -0.424 e. The summed E-state index contributed by atoms with van der Waals surface area (Å²) in [5.41, 5.74) is 0.557. The molecular formula is C15H17ClN4O2. The van der Waals surface area contributed by atoms with Crippen LogP contribution in [0.5, 0.6) is 11.8 Å². The Hall–Kier alpha value is -2.21. The third kappa shape index (κ3) is 3.92. The SMILES string of the molecule is CCN(CC)c1nc(Cl)nc(Oc2cccc(C(C)=O)c2)n1. The standard InChI is InChI=1S/C15H17ClN4O2/c1-4-20(5-2)14-17-13(16)18-15(19-14)22-12-8-6-7-11(9-12)10(3)21/h6-9H,4-5H2,1-3H3. The zero-order chi connectivity index (χ0) is 16.1. The molecule has 0 fully saturated rings. The maximum atomic E-state index is 11.4. The number of hydrogen-bond donors (Lipinski definition) is 0. The van der Waals surface area contributed by atoms with Crippen molar-refractivity contribution in [2.75, 3.05) is 18.0 Å². The maximum absolute atomic E-state index is 11.4. The number of rotatable bonds is 6. The molecule has 0 aliphatic heterocycles. The molecule has 1 aromatic carbocycles. The van der Waals surface area contributed by atoms with Crippen molar-refractivity contribution in [1.29, 1.82) is 0 Å². The molecule has 0 unspecified atom stereocenters. The van der Waals surface area contributed by atoms with Crippen LogP contribution in [0.15, 0.2) is 24.3 Å². The van der Waals surface area contributed by atoms with E-state index in [-0.39, 0.29) is 17.1 Å². The summed E-state index contributed by atoms with van der Waals surface area (Å²) < 4.78 is 5.60. The van der Waals surface area contributed by atoms with Crippen molar-refractivity contribution in [3.63, 3.8) is 0 Å². The smallest absolute Gasteiger partial charge is 0.328 e. The molecule has 2 rings (SSSR count). The Labute approximate surface area is 134 Å². The second-order valence-electron chi connectivity index (χ2n) is 4.55. The highest BCUT2D eigenvalue weighted by Crippen LogP contribution is 2.22. The molecule has 0 bridgehead atoms. The molecule has 0 amide bonds. The van der Waals surface area contributed by atoms with E-state index in [9.17, 15) is 4.79 Å². The maximum Gasteiger partial charge on any atom is 0.328 e. The quantitative estimate of drug-likeness (QED) is 0.760. The van der Waals surface area contributed by atoms with Gasteiger partial charge in [-0.05, 0) is 44.5 Å². The largest absolute Gasteiger partial charge is 0.424 e. The first kappa shape index (κ1) is 16.2. The summed E-state index contributed by atoms with van der Waals surface area (Å²) in [7, 11) is 0. The average Bonchev–Trinajstić information content (AvgIpc) is 2.48. The van der Waals surface area contributed by atoms with Crippen LogP contribution in [-0.2, 0) is 0 Å². The monoisotopic (exact) mass is 320 g/mol. The van der Waals surface area contributed by atoms with Gasteiger partial charge in [0.15, 0.2) is 5.78 Å². The zero-order valence-electron chi connectivity index (χ0n) is 12.7. The molecule has 0 radical (unpaired) electrons. The fourth-order valence-corrected chi connectivity index (χ4v) is 2.05. The van der Waals surface area contributed by atoms with Crippen LogP contribution in [0.3, 0.4) is 0 Å². The molecule has 0 saturated carbocycles. The summed E-state index contributed by atoms with van der Waals surface area (Å²) in [5.74, 6) is 0.895. The Morgan fingerprint density at radius 2 is 1.95 bits per heavy atom. The second-order valence-corrected chi connectivity index (χ2v) is 4.88. The summed E-state index contributed by atoms with van der Waals surface area (Å²) in [6.45, 7) is 6.99. The Morgan fingerprint density at radius 3 is 2.59 bits per heavy atom. The number of ketones is 1. The van der Waals surface area contributed by atoms with Crippen LogP contribution in [0.1, 0.15) is 31.1 Å². The zero-order valence-corrected chi connectivity index (χ0v) is 13.5. The lowest BCUT2D eigenvalue weighted by atomic mass is 10.1. The topological polar surface area (TPSA) is 68.2 Å². The number of nitrogens with zero attached hydrogens (tertiary/aromatic N) is 4. The molecule has 0 atom stereocenters. The summed E-state index contributed by atoms with van der Waals surface area (Å²) >= 11 is 5.93. The van der Waals surface area contributed by atoms with E-state index >= 15 is 0 Å². The van der Waals surface area contributed by atoms with Crippen LogP contribution in [0, 0.1) is 0 Å². The van der Waals surface area contributed by atoms with Gasteiger partial charge in [0.25, 0.3) is 0 Å². The lowest BCUT2D eigenvalue weighted by Gasteiger charge is -2.18. The Bertz CT molecular complexity index is 674. The van der Waals surface area contributed by atoms with Gasteiger partial charge < -0.3 is 9.64 Å². The van der Waals surface area contributed by atoms with E-state index < -0.39 is 0 Å². The predicted octanol–water partition coefficient (Wildman–Crippen LogP) is 3.37. The number of Topliss-reactive ketones (excluding diaryl/α,β-unsaturated/α-hetero) is 1. The molecule has 0 N–H and O–H groups in total. The molecular weight excluding hydrogens is 304 g/mol. The number of hydrogen-bond acceptors (Lipinski definition) is 6. The van der Waals surface area contributed by atoms with Crippen LogP contribution >= 0.6 is 11.6 Å². The molecule has 0 aliphatic rings. The molecule has 1 heterocycles. The van der Waals surface area contributed by atoms with Gasteiger partial charge in [-0.3, -0.25) is 4.79 Å². The van der Waals surface area contributed by atoms with Gasteiger partial charge in [0, 0.05) is 18.7 Å². The number of anilines is 1. The first-order valence-corrected chi connectivity index (χ1v) is 7.36. The summed E-state index contributed by atoms with van der Waals surface area (Å²) in [6.07, 6.45) is 0. The fourth-order valence-electron chi connectivity index (χ4n) is 1.90. The van der Waals surface area contributed by atoms with E-state index in [2.05, 4.69) is 15.0 Å². The van der Waals surface area contributed by atoms with Crippen molar-refractivity contribution < 1.29 is 9.53 Å². The van der Waals surface area contributed by atoms with E-state index in [0.717, 1.165) is 13.1 Å². The number of carbonyl (C=O) groups excluding carboxylic acids is 1. The van der Waals surface area contributed by atoms with Crippen molar-refractivity contribution in [3.05, 3.63) is 35.1 Å². The van der Waals surface area contributed by atoms with E-state index in [1.807, 2.05) is 18.7 Å². The molecule has 1 aromatic heterocycles.